The zero-order chi connectivity index (χ0) is 16.0. The molecule has 126 valence electrons. The van der Waals surface area contributed by atoms with E-state index in [1.54, 1.807) is 0 Å². The van der Waals surface area contributed by atoms with Crippen LogP contribution in [0.5, 0.6) is 0 Å². The summed E-state index contributed by atoms with van der Waals surface area (Å²) >= 11 is 0. The van der Waals surface area contributed by atoms with Gasteiger partial charge in [-0.05, 0) is 90.8 Å². The number of aliphatic hydroxyl groups excluding tert-OH is 1. The maximum atomic E-state index is 10.6. The molecule has 6 unspecified atom stereocenters. The Morgan fingerprint density at radius 1 is 0.818 bits per heavy atom. The van der Waals surface area contributed by atoms with Crippen molar-refractivity contribution in [3.05, 3.63) is 0 Å². The van der Waals surface area contributed by atoms with Gasteiger partial charge in [0.25, 0.3) is 0 Å². The molecular formula is C21H36O. The van der Waals surface area contributed by atoms with E-state index in [9.17, 15) is 5.11 Å². The smallest absolute Gasteiger partial charge is 0.0594 e. The Labute approximate surface area is 137 Å². The van der Waals surface area contributed by atoms with Gasteiger partial charge >= 0.3 is 0 Å². The lowest BCUT2D eigenvalue weighted by atomic mass is 9.39. The molecule has 6 atom stereocenters. The second kappa shape index (κ2) is 4.32. The van der Waals surface area contributed by atoms with Gasteiger partial charge in [-0.2, -0.15) is 0 Å². The summed E-state index contributed by atoms with van der Waals surface area (Å²) in [6, 6.07) is 0. The van der Waals surface area contributed by atoms with Gasteiger partial charge in [-0.3, -0.25) is 0 Å². The molecule has 1 N–H and O–H groups in total. The molecule has 1 nitrogen and oxygen atoms in total. The lowest BCUT2D eigenvalue weighted by molar-refractivity contribution is -0.195. The molecule has 0 amide bonds. The molecule has 0 aliphatic heterocycles. The van der Waals surface area contributed by atoms with Crippen molar-refractivity contribution in [2.45, 2.75) is 92.1 Å². The van der Waals surface area contributed by atoms with E-state index in [2.05, 4.69) is 34.6 Å². The summed E-state index contributed by atoms with van der Waals surface area (Å²) < 4.78 is 0. The number of rotatable bonds is 0. The fourth-order valence-corrected chi connectivity index (χ4v) is 7.98. The fourth-order valence-electron chi connectivity index (χ4n) is 7.98. The third kappa shape index (κ3) is 1.65. The molecule has 0 saturated heterocycles. The van der Waals surface area contributed by atoms with Crippen molar-refractivity contribution in [1.29, 1.82) is 0 Å². The molecule has 0 radical (unpaired) electrons. The molecule has 0 aromatic rings. The van der Waals surface area contributed by atoms with E-state index < -0.39 is 0 Å². The summed E-state index contributed by atoms with van der Waals surface area (Å²) in [7, 11) is 0. The third-order valence-corrected chi connectivity index (χ3v) is 9.69. The van der Waals surface area contributed by atoms with Crippen LogP contribution in [0, 0.1) is 39.4 Å². The van der Waals surface area contributed by atoms with Crippen molar-refractivity contribution in [2.75, 3.05) is 0 Å². The molecule has 0 aromatic heterocycles. The summed E-state index contributed by atoms with van der Waals surface area (Å²) in [4.78, 5) is 0. The maximum Gasteiger partial charge on any atom is 0.0594 e. The highest BCUT2D eigenvalue weighted by atomic mass is 16.3. The fraction of sp³-hybridized carbons (Fsp3) is 1.00. The van der Waals surface area contributed by atoms with Gasteiger partial charge in [0.1, 0.15) is 0 Å². The van der Waals surface area contributed by atoms with Crippen LogP contribution in [0.4, 0.5) is 0 Å². The first-order valence-corrected chi connectivity index (χ1v) is 9.82. The standard InChI is InChI=1S/C21H36O/c1-18(2)10-11-21-13-15(18)12-14(21)6-7-16-19(3,4)17(22)8-9-20(16,21)5/h14-17,22H,6-13H2,1-5H3. The molecule has 0 aromatic carbocycles. The Balaban J connectivity index is 1.76. The van der Waals surface area contributed by atoms with Crippen LogP contribution >= 0.6 is 0 Å². The maximum absolute atomic E-state index is 10.6. The Bertz CT molecular complexity index is 478. The van der Waals surface area contributed by atoms with Crippen LogP contribution < -0.4 is 0 Å². The molecule has 4 aliphatic rings. The van der Waals surface area contributed by atoms with Gasteiger partial charge in [0, 0.05) is 0 Å². The highest BCUT2D eigenvalue weighted by molar-refractivity contribution is 5.17. The third-order valence-electron chi connectivity index (χ3n) is 9.69. The van der Waals surface area contributed by atoms with Crippen LogP contribution in [0.2, 0.25) is 0 Å². The van der Waals surface area contributed by atoms with Gasteiger partial charge in [-0.1, -0.05) is 34.6 Å². The largest absolute Gasteiger partial charge is 0.393 e. The zero-order valence-corrected chi connectivity index (χ0v) is 15.4. The minimum atomic E-state index is -0.0873. The van der Waals surface area contributed by atoms with E-state index in [1.165, 1.54) is 44.9 Å². The number of fused-ring (bicyclic) bond motifs is 2. The summed E-state index contributed by atoms with van der Waals surface area (Å²) in [5.74, 6) is 2.66. The Morgan fingerprint density at radius 2 is 1.55 bits per heavy atom. The number of aliphatic hydroxyl groups is 1. The average Bonchev–Trinajstić information content (AvgIpc) is 2.78. The quantitative estimate of drug-likeness (QED) is 0.634. The molecule has 4 rings (SSSR count). The van der Waals surface area contributed by atoms with Crippen LogP contribution in [0.15, 0.2) is 0 Å². The average molecular weight is 305 g/mol. The molecule has 4 saturated carbocycles. The van der Waals surface area contributed by atoms with Crippen LogP contribution in [0.1, 0.15) is 86.0 Å². The predicted molar refractivity (Wildman–Crippen MR) is 91.5 cm³/mol. The van der Waals surface area contributed by atoms with Gasteiger partial charge in [-0.15, -0.1) is 0 Å². The van der Waals surface area contributed by atoms with Crippen molar-refractivity contribution in [3.63, 3.8) is 0 Å². The molecule has 1 heteroatoms. The van der Waals surface area contributed by atoms with E-state index in [0.717, 1.165) is 24.2 Å². The van der Waals surface area contributed by atoms with Crippen LogP contribution in [0.3, 0.4) is 0 Å². The van der Waals surface area contributed by atoms with Gasteiger partial charge in [0.2, 0.25) is 0 Å². The minimum absolute atomic E-state index is 0.0873. The summed E-state index contributed by atoms with van der Waals surface area (Å²) in [5.41, 5.74) is 1.76. The van der Waals surface area contributed by atoms with Crippen molar-refractivity contribution < 1.29 is 5.11 Å². The van der Waals surface area contributed by atoms with Crippen molar-refractivity contribution >= 4 is 0 Å². The summed E-state index contributed by atoms with van der Waals surface area (Å²) in [6.45, 7) is 12.4. The lowest BCUT2D eigenvalue weighted by Gasteiger charge is -2.66. The second-order valence-electron chi connectivity index (χ2n) is 10.9. The highest BCUT2D eigenvalue weighted by Gasteiger charge is 2.68. The van der Waals surface area contributed by atoms with Gasteiger partial charge in [0.15, 0.2) is 0 Å². The topological polar surface area (TPSA) is 20.2 Å². The lowest BCUT2D eigenvalue weighted by Crippen LogP contribution is -2.60. The second-order valence-corrected chi connectivity index (χ2v) is 10.9. The van der Waals surface area contributed by atoms with Gasteiger partial charge in [0.05, 0.1) is 6.10 Å². The minimum Gasteiger partial charge on any atom is -0.393 e. The molecule has 22 heavy (non-hydrogen) atoms. The van der Waals surface area contributed by atoms with Crippen molar-refractivity contribution in [1.82, 2.24) is 0 Å². The normalized spacial score (nSPS) is 55.4. The Morgan fingerprint density at radius 3 is 2.27 bits per heavy atom. The van der Waals surface area contributed by atoms with Gasteiger partial charge in [-0.25, -0.2) is 0 Å². The SMILES string of the molecule is CC1(C)CCC23CC1CC2CCC1C(C)(C)C(O)CCC13C. The predicted octanol–water partition coefficient (Wildman–Crippen LogP) is 5.42. The monoisotopic (exact) mass is 304 g/mol. The molecule has 2 bridgehead atoms. The molecule has 4 aliphatic carbocycles. The summed E-state index contributed by atoms with van der Waals surface area (Å²) in [6.07, 6.45) is 10.9. The Hall–Kier alpha value is -0.0400. The zero-order valence-electron chi connectivity index (χ0n) is 15.4. The number of hydrogen-bond donors (Lipinski definition) is 1. The van der Waals surface area contributed by atoms with Crippen molar-refractivity contribution in [2.24, 2.45) is 39.4 Å². The van der Waals surface area contributed by atoms with E-state index in [-0.39, 0.29) is 11.5 Å². The van der Waals surface area contributed by atoms with Crippen LogP contribution in [-0.2, 0) is 0 Å². The first-order chi connectivity index (χ1) is 10.1. The van der Waals surface area contributed by atoms with E-state index in [4.69, 9.17) is 0 Å². The van der Waals surface area contributed by atoms with Gasteiger partial charge < -0.3 is 5.11 Å². The Kier molecular flexibility index (Phi) is 3.04. The number of hydrogen-bond acceptors (Lipinski definition) is 1. The van der Waals surface area contributed by atoms with Crippen LogP contribution in [0.25, 0.3) is 0 Å². The van der Waals surface area contributed by atoms with E-state index in [0.29, 0.717) is 16.2 Å². The summed E-state index contributed by atoms with van der Waals surface area (Å²) in [5, 5.41) is 10.6. The van der Waals surface area contributed by atoms with Crippen molar-refractivity contribution in [3.8, 4) is 0 Å². The molecule has 1 spiro atoms. The first-order valence-electron chi connectivity index (χ1n) is 9.82. The van der Waals surface area contributed by atoms with E-state index in [1.807, 2.05) is 0 Å². The first kappa shape index (κ1) is 15.5. The van der Waals surface area contributed by atoms with Crippen LogP contribution in [-0.4, -0.2) is 11.2 Å². The highest BCUT2D eigenvalue weighted by Crippen LogP contribution is 2.76. The van der Waals surface area contributed by atoms with E-state index >= 15 is 0 Å². The molecular weight excluding hydrogens is 268 g/mol. The molecule has 4 fully saturated rings. The molecule has 0 heterocycles.